The molecule has 11 atom stereocenters. The molecule has 0 saturated carbocycles. The van der Waals surface area contributed by atoms with Crippen molar-refractivity contribution in [3.05, 3.63) is 203 Å². The number of H-pyrrole nitrogens is 1. The lowest BCUT2D eigenvalue weighted by atomic mass is 9.94. The number of carbonyl (C=O) groups excluding carboxylic acids is 16. The number of nitrogens with zero attached hydrogens (tertiary/aromatic N) is 5. The molecule has 0 bridgehead atoms. The molecule has 1 aliphatic rings. The van der Waals surface area contributed by atoms with E-state index in [0.717, 1.165) is 19.6 Å². The molecule has 1 saturated heterocycles. The molecule has 0 aliphatic carbocycles. The summed E-state index contributed by atoms with van der Waals surface area (Å²) in [4.78, 5) is 258. The van der Waals surface area contributed by atoms with Crippen molar-refractivity contribution in [2.75, 3.05) is 54.9 Å². The summed E-state index contributed by atoms with van der Waals surface area (Å²) < 4.78 is 0. The molecule has 131 heavy (non-hydrogen) atoms. The van der Waals surface area contributed by atoms with Crippen LogP contribution < -0.4 is 48.3 Å². The van der Waals surface area contributed by atoms with E-state index in [1.165, 1.54) is 88.7 Å². The summed E-state index contributed by atoms with van der Waals surface area (Å²) in [5.41, 5.74) is 9.02. The Morgan fingerprint density at radius 3 is 1.47 bits per heavy atom. The van der Waals surface area contributed by atoms with Gasteiger partial charge >= 0.3 is 5.97 Å². The average molecular weight is 1810 g/mol. The van der Waals surface area contributed by atoms with Gasteiger partial charge in [-0.05, 0) is 88.4 Å². The molecule has 35 nitrogen and oxygen atoms in total. The number of Topliss-reactive ketones (excluding diaryl/α,β-unsaturated/α-hetero) is 2. The number of amides is 14. The molecule has 2 heterocycles. The lowest BCUT2D eigenvalue weighted by Crippen LogP contribution is -2.60. The second-order valence-electron chi connectivity index (χ2n) is 34.1. The fraction of sp³-hybridized carbons (Fsp3) is 0.427. The zero-order valence-electron chi connectivity index (χ0n) is 75.5. The van der Waals surface area contributed by atoms with Crippen LogP contribution in [0.2, 0.25) is 0 Å². The maximum atomic E-state index is 15.5. The number of phenolic OH excluding ortho intramolecular Hbond substituents is 2. The van der Waals surface area contributed by atoms with E-state index in [1.807, 2.05) is 6.92 Å². The molecule has 700 valence electrons. The molecule has 1 aliphatic heterocycles. The molecular formula is C96H121N15O20. The van der Waals surface area contributed by atoms with Crippen LogP contribution in [0.4, 0.5) is 0 Å². The van der Waals surface area contributed by atoms with Gasteiger partial charge in [-0.3, -0.25) is 81.5 Å². The van der Waals surface area contributed by atoms with Crippen molar-refractivity contribution >= 4 is 111 Å². The number of benzene rings is 6. The monoisotopic (exact) mass is 1800 g/mol. The van der Waals surface area contributed by atoms with Gasteiger partial charge in [-0.1, -0.05) is 181 Å². The third kappa shape index (κ3) is 31.1. The molecular weight excluding hydrogens is 1680 g/mol. The molecule has 14 N–H and O–H groups in total. The van der Waals surface area contributed by atoms with E-state index in [0.29, 0.717) is 57.1 Å². The minimum absolute atomic E-state index is 0.0315. The summed E-state index contributed by atoms with van der Waals surface area (Å²) >= 11 is 0. The van der Waals surface area contributed by atoms with Crippen molar-refractivity contribution in [2.24, 2.45) is 23.5 Å². The summed E-state index contributed by atoms with van der Waals surface area (Å²) in [6.07, 6.45) is -2.77. The first kappa shape index (κ1) is 102. The molecule has 1 fully saturated rings. The molecule has 0 spiro atoms. The first-order valence-corrected chi connectivity index (χ1v) is 43.7. The molecule has 1 aromatic heterocycles. The Hall–Kier alpha value is -14.2. The number of hydrogen-bond acceptors (Lipinski definition) is 19. The van der Waals surface area contributed by atoms with E-state index < -0.39 is 230 Å². The fourth-order valence-corrected chi connectivity index (χ4v) is 15.6. The number of ketones is 2. The smallest absolute Gasteiger partial charge is 0.304 e. The minimum Gasteiger partial charge on any atom is -0.508 e. The number of likely N-dealkylation sites (N-methyl/N-ethyl adjacent to an activating group) is 5. The van der Waals surface area contributed by atoms with E-state index in [2.05, 4.69) is 47.5 Å². The zero-order valence-corrected chi connectivity index (χ0v) is 75.5. The molecule has 35 heteroatoms. The van der Waals surface area contributed by atoms with Gasteiger partial charge in [0.05, 0.1) is 44.4 Å². The van der Waals surface area contributed by atoms with Gasteiger partial charge in [0.1, 0.15) is 65.9 Å². The lowest BCUT2D eigenvalue weighted by Gasteiger charge is -2.37. The van der Waals surface area contributed by atoms with Crippen LogP contribution in [0.3, 0.4) is 0 Å². The van der Waals surface area contributed by atoms with Gasteiger partial charge in [-0.2, -0.15) is 0 Å². The van der Waals surface area contributed by atoms with E-state index in [1.54, 1.807) is 149 Å². The number of rotatable bonds is 24. The second-order valence-corrected chi connectivity index (χ2v) is 34.1. The number of carbonyl (C=O) groups is 17. The second kappa shape index (κ2) is 49.4. The highest BCUT2D eigenvalue weighted by Crippen LogP contribution is 2.25. The zero-order chi connectivity index (χ0) is 95.9. The number of nitrogens with one attached hydrogen (secondary N) is 9. The number of primary amides is 1. The Kier molecular flexibility index (Phi) is 38.6. The van der Waals surface area contributed by atoms with Gasteiger partial charge in [-0.25, -0.2) is 0 Å². The lowest BCUT2D eigenvalue weighted by molar-refractivity contribution is -0.151. The van der Waals surface area contributed by atoms with E-state index in [9.17, 15) is 58.5 Å². The summed E-state index contributed by atoms with van der Waals surface area (Å²) in [7, 11) is 6.53. The highest BCUT2D eigenvalue weighted by molar-refractivity contribution is 6.02. The van der Waals surface area contributed by atoms with Crippen LogP contribution in [0, 0.1) is 17.8 Å². The van der Waals surface area contributed by atoms with E-state index >= 15 is 38.4 Å². The highest BCUT2D eigenvalue weighted by Gasteiger charge is 2.43. The molecule has 0 radical (unpaired) electrons. The van der Waals surface area contributed by atoms with Crippen LogP contribution in [-0.4, -0.2) is 260 Å². The van der Waals surface area contributed by atoms with Gasteiger partial charge in [0.25, 0.3) is 0 Å². The first-order chi connectivity index (χ1) is 62.3. The van der Waals surface area contributed by atoms with Crippen LogP contribution in [0.15, 0.2) is 170 Å². The third-order valence-corrected chi connectivity index (χ3v) is 22.9. The maximum absolute atomic E-state index is 15.5. The van der Waals surface area contributed by atoms with Crippen LogP contribution in [0.5, 0.6) is 11.5 Å². The number of aromatic nitrogens is 1. The van der Waals surface area contributed by atoms with Crippen molar-refractivity contribution in [2.45, 2.75) is 191 Å². The number of hydrogen-bond donors (Lipinski definition) is 13. The summed E-state index contributed by atoms with van der Waals surface area (Å²) in [6.45, 7) is 6.06. The fourth-order valence-electron chi connectivity index (χ4n) is 15.6. The Balaban J connectivity index is 1.21. The minimum atomic E-state index is -1.76. The summed E-state index contributed by atoms with van der Waals surface area (Å²) in [5, 5.41) is 53.0. The number of aromatic amines is 1. The summed E-state index contributed by atoms with van der Waals surface area (Å²) in [6, 6.07) is 28.5. The Morgan fingerprint density at radius 2 is 0.916 bits per heavy atom. The number of aromatic hydroxyl groups is 2. The number of carboxylic acid groups (broad SMARTS) is 1. The molecule has 8 rings (SSSR count). The van der Waals surface area contributed by atoms with Crippen molar-refractivity contribution in [1.29, 1.82) is 0 Å². The Labute approximate surface area is 760 Å². The number of aliphatic carboxylic acids is 1. The van der Waals surface area contributed by atoms with Crippen molar-refractivity contribution in [3.63, 3.8) is 0 Å². The number of carboxylic acids is 1. The predicted molar refractivity (Wildman–Crippen MR) is 485 cm³/mol. The first-order valence-electron chi connectivity index (χ1n) is 43.7. The van der Waals surface area contributed by atoms with Crippen LogP contribution in [0.1, 0.15) is 126 Å². The number of fused-ring (bicyclic) bond motifs is 1. The summed E-state index contributed by atoms with van der Waals surface area (Å²) in [5.74, 6) is -19.2. The maximum Gasteiger partial charge on any atom is 0.304 e. The van der Waals surface area contributed by atoms with Gasteiger partial charge in [-0.15, -0.1) is 0 Å². The number of para-hydroxylation sites is 1. The van der Waals surface area contributed by atoms with Crippen molar-refractivity contribution in [3.8, 4) is 11.5 Å². The normalized spacial score (nSPS) is 21.9. The van der Waals surface area contributed by atoms with Gasteiger partial charge < -0.3 is 93.1 Å². The van der Waals surface area contributed by atoms with E-state index in [-0.39, 0.29) is 62.9 Å². The van der Waals surface area contributed by atoms with Gasteiger partial charge in [0.15, 0.2) is 11.6 Å². The largest absolute Gasteiger partial charge is 0.508 e. The van der Waals surface area contributed by atoms with E-state index in [4.69, 9.17) is 5.73 Å². The number of nitrogens with two attached hydrogens (primary N) is 1. The number of phenols is 2. The van der Waals surface area contributed by atoms with Gasteiger partial charge in [0, 0.05) is 110 Å². The number of unbranched alkanes of at least 4 members (excludes halogenated alkanes) is 1. The highest BCUT2D eigenvalue weighted by atomic mass is 16.4. The molecule has 7 aromatic rings. The molecule has 14 amide bonds. The Bertz CT molecular complexity index is 5170. The predicted octanol–water partition coefficient (Wildman–Crippen LogP) is 3.42. The third-order valence-electron chi connectivity index (χ3n) is 22.9. The van der Waals surface area contributed by atoms with Crippen molar-refractivity contribution < 1.29 is 96.8 Å². The molecule has 6 aromatic carbocycles. The standard InChI is InChI=1S/C96H121N15O20/c1-11-12-32-77-94(129)107(6)55-68(114)49-64(51-85(120)121)87(122)106-86(58(4)5)96(131)110(9)78(47-60-26-18-14-19-27-60)91(126)105-75(46-63-35-39-67(113)40-36-63)92(127)108(7)56-84(119)100-74(50-65-53-98-70-31-23-22-30-69(65)70)90(125)104-73(44-62-33-37-66(112)38-34-62)89(124)103-72(43-57(2)3)88(123)102-71(80(115)41-42-81(97)116)52-82(117)99-54-83(118)101-76(45-59-24-16-13-17-25-59)93(128)111(10)79(95(130)109(77)8)48-61-28-20-15-21-29-61/h13-31,33-40,53,57-58,64,71-79,86,98,112-113H,11-12,32,41-52,54-56H2,1-10H3,(H2,97,116)(H,99,117)(H,100,119)(H,101,118)(H,102,123)(H,103,124)(H,104,125)(H,105,126)(H,106,122)(H,120,121)/t64-,71-,72-,73-,74-,75-,76-,77-,78-,79-,86-/m0/s1. The van der Waals surface area contributed by atoms with Crippen molar-refractivity contribution in [1.82, 2.24) is 72.0 Å². The molecule has 0 unspecified atom stereocenters. The SMILES string of the molecule is CCCC[C@H]1C(=O)N(C)CC(=O)C[C@@H](CC(=O)O)C(=O)N[C@@H](C(C)C)C(=O)N(C)[C@@H](Cc2ccccc2)C(=O)N[C@@H](Cc2ccc(O)cc2)C(=O)N(C)CC(=O)N[C@@H](Cc2c[nH]c3ccccc23)C(=O)N[C@@H](Cc2ccc(O)cc2)C(=O)N[C@@H](CC(C)C)C(=O)N[C@H](C(=O)CCC(N)=O)CC(=O)NCC(=O)N[C@@H](Cc2ccccc2)C(=O)N(C)[C@@H](Cc2ccccc2)C(=O)N1C. The Morgan fingerprint density at radius 1 is 0.443 bits per heavy atom. The van der Waals surface area contributed by atoms with Crippen LogP contribution in [0.25, 0.3) is 10.9 Å². The van der Waals surface area contributed by atoms with Crippen LogP contribution >= 0.6 is 0 Å². The van der Waals surface area contributed by atoms with Gasteiger partial charge in [0.2, 0.25) is 82.7 Å². The topological polar surface area (TPSA) is 505 Å². The van der Waals surface area contributed by atoms with Crippen LogP contribution in [-0.2, 0) is 120 Å². The quantitative estimate of drug-likeness (QED) is 0.0412. The average Bonchev–Trinajstić information content (AvgIpc) is 1.71.